The number of benzene rings is 1. The van der Waals surface area contributed by atoms with Gasteiger partial charge in [-0.05, 0) is 24.6 Å². The van der Waals surface area contributed by atoms with Gasteiger partial charge in [0.15, 0.2) is 0 Å². The van der Waals surface area contributed by atoms with E-state index in [1.54, 1.807) is 12.1 Å². The van der Waals surface area contributed by atoms with E-state index in [0.29, 0.717) is 35.7 Å². The molecule has 4 aliphatic heterocycles. The van der Waals surface area contributed by atoms with Crippen LogP contribution in [0.25, 0.3) is 0 Å². The Morgan fingerprint density at radius 3 is 2.32 bits per heavy atom. The summed E-state index contributed by atoms with van der Waals surface area (Å²) in [4.78, 5) is 66.2. The van der Waals surface area contributed by atoms with Crippen molar-refractivity contribution in [2.75, 3.05) is 37.6 Å². The molecule has 0 aliphatic carbocycles. The highest BCUT2D eigenvalue weighted by molar-refractivity contribution is 6.23. The monoisotopic (exact) mass is 424 g/mol. The molecule has 162 valence electrons. The summed E-state index contributed by atoms with van der Waals surface area (Å²) in [6.45, 7) is 4.36. The smallest absolute Gasteiger partial charge is 0.262 e. The lowest BCUT2D eigenvalue weighted by Crippen LogP contribution is -2.54. The van der Waals surface area contributed by atoms with E-state index in [-0.39, 0.29) is 18.7 Å². The maximum atomic E-state index is 13.0. The molecule has 1 unspecified atom stereocenters. The molecule has 3 fully saturated rings. The first-order valence-electron chi connectivity index (χ1n) is 10.8. The van der Waals surface area contributed by atoms with Gasteiger partial charge < -0.3 is 9.80 Å². The molecular weight excluding hydrogens is 400 g/mol. The van der Waals surface area contributed by atoms with Crippen LogP contribution < -0.4 is 10.2 Å². The third kappa shape index (κ3) is 3.52. The van der Waals surface area contributed by atoms with Gasteiger partial charge in [-0.1, -0.05) is 0 Å². The second-order valence-corrected chi connectivity index (χ2v) is 8.79. The molecule has 9 nitrogen and oxygen atoms in total. The van der Waals surface area contributed by atoms with Crippen LogP contribution in [-0.2, 0) is 14.4 Å². The van der Waals surface area contributed by atoms with Gasteiger partial charge in [0, 0.05) is 63.6 Å². The second kappa shape index (κ2) is 7.56. The summed E-state index contributed by atoms with van der Waals surface area (Å²) in [7, 11) is 0. The molecule has 1 aromatic rings. The van der Waals surface area contributed by atoms with Crippen LogP contribution >= 0.6 is 0 Å². The van der Waals surface area contributed by atoms with Crippen LogP contribution in [0.5, 0.6) is 0 Å². The first-order chi connectivity index (χ1) is 14.9. The molecule has 0 radical (unpaired) electrons. The Kier molecular flexibility index (Phi) is 4.85. The number of piperidine rings is 2. The fourth-order valence-corrected chi connectivity index (χ4v) is 4.90. The maximum Gasteiger partial charge on any atom is 0.262 e. The number of likely N-dealkylation sites (tertiary alicyclic amines) is 1. The minimum absolute atomic E-state index is 0.107. The number of anilines is 1. The highest BCUT2D eigenvalue weighted by Crippen LogP contribution is 2.33. The van der Waals surface area contributed by atoms with Gasteiger partial charge in [-0.3, -0.25) is 34.2 Å². The molecule has 4 aliphatic rings. The number of nitrogens with one attached hydrogen (secondary N) is 1. The van der Waals surface area contributed by atoms with Crippen LogP contribution in [0, 0.1) is 5.92 Å². The molecule has 1 aromatic carbocycles. The van der Waals surface area contributed by atoms with Crippen molar-refractivity contribution in [2.45, 2.75) is 31.7 Å². The standard InChI is InChI=1S/C22H24N4O5/c27-15-5-7-24(8-6-15)10-13-11-25(12-13)14-1-2-16-17(9-14)22(31)26(21(16)30)18-3-4-19(28)23-20(18)29/h1-2,9,13,18H,3-8,10-12H2,(H,23,28,29). The van der Waals surface area contributed by atoms with Crippen molar-refractivity contribution in [2.24, 2.45) is 5.92 Å². The number of hydrogen-bond donors (Lipinski definition) is 1. The molecule has 0 saturated carbocycles. The Balaban J connectivity index is 1.24. The van der Waals surface area contributed by atoms with Crippen LogP contribution in [0.15, 0.2) is 18.2 Å². The van der Waals surface area contributed by atoms with E-state index in [0.717, 1.165) is 43.3 Å². The molecule has 0 spiro atoms. The first-order valence-corrected chi connectivity index (χ1v) is 10.8. The quantitative estimate of drug-likeness (QED) is 0.688. The van der Waals surface area contributed by atoms with Crippen molar-refractivity contribution >= 4 is 35.1 Å². The fraction of sp³-hybridized carbons (Fsp3) is 0.500. The molecule has 0 bridgehead atoms. The van der Waals surface area contributed by atoms with Gasteiger partial charge in [-0.15, -0.1) is 0 Å². The van der Waals surface area contributed by atoms with Crippen molar-refractivity contribution in [1.29, 1.82) is 0 Å². The van der Waals surface area contributed by atoms with Crippen molar-refractivity contribution in [1.82, 2.24) is 15.1 Å². The molecule has 1 atom stereocenters. The van der Waals surface area contributed by atoms with Crippen molar-refractivity contribution in [3.05, 3.63) is 29.3 Å². The zero-order valence-electron chi connectivity index (χ0n) is 17.1. The normalized spacial score (nSPS) is 25.0. The number of carbonyl (C=O) groups excluding carboxylic acids is 5. The number of carbonyl (C=O) groups is 5. The largest absolute Gasteiger partial charge is 0.371 e. The third-order valence-electron chi connectivity index (χ3n) is 6.68. The van der Waals surface area contributed by atoms with Gasteiger partial charge in [-0.2, -0.15) is 0 Å². The zero-order valence-corrected chi connectivity index (χ0v) is 17.1. The summed E-state index contributed by atoms with van der Waals surface area (Å²) in [5, 5.41) is 2.21. The summed E-state index contributed by atoms with van der Waals surface area (Å²) >= 11 is 0. The Morgan fingerprint density at radius 2 is 1.61 bits per heavy atom. The van der Waals surface area contributed by atoms with Crippen LogP contribution in [0.4, 0.5) is 5.69 Å². The highest BCUT2D eigenvalue weighted by Gasteiger charge is 2.45. The number of nitrogens with zero attached hydrogens (tertiary/aromatic N) is 3. The number of rotatable bonds is 4. The molecule has 4 heterocycles. The van der Waals surface area contributed by atoms with Crippen LogP contribution in [0.3, 0.4) is 0 Å². The van der Waals surface area contributed by atoms with Gasteiger partial charge in [0.25, 0.3) is 11.8 Å². The van der Waals surface area contributed by atoms with Crippen molar-refractivity contribution in [3.63, 3.8) is 0 Å². The Bertz CT molecular complexity index is 990. The van der Waals surface area contributed by atoms with Crippen molar-refractivity contribution < 1.29 is 24.0 Å². The molecule has 1 N–H and O–H groups in total. The lowest BCUT2D eigenvalue weighted by atomic mass is 9.96. The second-order valence-electron chi connectivity index (χ2n) is 8.79. The van der Waals surface area contributed by atoms with Crippen LogP contribution in [-0.4, -0.2) is 78.0 Å². The van der Waals surface area contributed by atoms with Gasteiger partial charge >= 0.3 is 0 Å². The third-order valence-corrected chi connectivity index (χ3v) is 6.68. The zero-order chi connectivity index (χ0) is 21.7. The summed E-state index contributed by atoms with van der Waals surface area (Å²) in [5.74, 6) is -1.10. The van der Waals surface area contributed by atoms with Gasteiger partial charge in [0.1, 0.15) is 11.8 Å². The molecule has 0 aromatic heterocycles. The van der Waals surface area contributed by atoms with Gasteiger partial charge in [0.2, 0.25) is 11.8 Å². The average molecular weight is 424 g/mol. The number of fused-ring (bicyclic) bond motifs is 1. The topological polar surface area (TPSA) is 107 Å². The summed E-state index contributed by atoms with van der Waals surface area (Å²) in [6.07, 6.45) is 1.54. The van der Waals surface area contributed by atoms with Gasteiger partial charge in [-0.25, -0.2) is 0 Å². The number of Topliss-reactive ketones (excluding diaryl/α,β-unsaturated/α-hetero) is 1. The summed E-state index contributed by atoms with van der Waals surface area (Å²) in [5.41, 5.74) is 1.49. The number of ketones is 1. The lowest BCUT2D eigenvalue weighted by Gasteiger charge is -2.43. The molecule has 5 rings (SSSR count). The first kappa shape index (κ1) is 19.9. The summed E-state index contributed by atoms with van der Waals surface area (Å²) < 4.78 is 0. The van der Waals surface area contributed by atoms with E-state index in [9.17, 15) is 24.0 Å². The Labute approximate surface area is 179 Å². The minimum atomic E-state index is -0.946. The van der Waals surface area contributed by atoms with Gasteiger partial charge in [0.05, 0.1) is 11.1 Å². The van der Waals surface area contributed by atoms with E-state index >= 15 is 0 Å². The lowest BCUT2D eigenvalue weighted by molar-refractivity contribution is -0.136. The molecule has 3 saturated heterocycles. The average Bonchev–Trinajstić information content (AvgIpc) is 2.96. The molecule has 31 heavy (non-hydrogen) atoms. The number of hydrogen-bond acceptors (Lipinski definition) is 7. The predicted octanol–water partition coefficient (Wildman–Crippen LogP) is 0.189. The molecule has 9 heteroatoms. The van der Waals surface area contributed by atoms with E-state index in [1.165, 1.54) is 0 Å². The number of imide groups is 2. The van der Waals surface area contributed by atoms with E-state index < -0.39 is 23.8 Å². The molecule has 4 amide bonds. The maximum absolute atomic E-state index is 13.0. The van der Waals surface area contributed by atoms with E-state index in [2.05, 4.69) is 15.1 Å². The van der Waals surface area contributed by atoms with E-state index in [4.69, 9.17) is 0 Å². The van der Waals surface area contributed by atoms with Crippen LogP contribution in [0.2, 0.25) is 0 Å². The SMILES string of the molecule is O=C1CCN(CC2CN(c3ccc4c(c3)C(=O)N(C3CCC(=O)NC3=O)C4=O)C2)CC1. The highest BCUT2D eigenvalue weighted by atomic mass is 16.2. The number of amides is 4. The fourth-order valence-electron chi connectivity index (χ4n) is 4.90. The van der Waals surface area contributed by atoms with E-state index in [1.807, 2.05) is 6.07 Å². The predicted molar refractivity (Wildman–Crippen MR) is 109 cm³/mol. The Hall–Kier alpha value is -3.07. The van der Waals surface area contributed by atoms with Crippen LogP contribution in [0.1, 0.15) is 46.4 Å². The Morgan fingerprint density at radius 1 is 0.903 bits per heavy atom. The summed E-state index contributed by atoms with van der Waals surface area (Å²) in [6, 6.07) is 4.28. The minimum Gasteiger partial charge on any atom is -0.371 e. The van der Waals surface area contributed by atoms with Crippen molar-refractivity contribution in [3.8, 4) is 0 Å². The molecular formula is C22H24N4O5.